The van der Waals surface area contributed by atoms with Gasteiger partial charge in [-0.15, -0.1) is 0 Å². The van der Waals surface area contributed by atoms with Gasteiger partial charge in [0.25, 0.3) is 0 Å². The Kier molecular flexibility index (Phi) is 6.57. The Bertz CT molecular complexity index is 369. The monoisotopic (exact) mass is 264 g/mol. The smallest absolute Gasteiger partial charge is 0.314 e. The summed E-state index contributed by atoms with van der Waals surface area (Å²) in [6.07, 6.45) is 9.95. The van der Waals surface area contributed by atoms with Crippen LogP contribution in [-0.2, 0) is 9.53 Å². The summed E-state index contributed by atoms with van der Waals surface area (Å²) in [5, 5.41) is 9.17. The Morgan fingerprint density at radius 3 is 2.74 bits per heavy atom. The highest BCUT2D eigenvalue weighted by molar-refractivity contribution is 5.75. The molecule has 0 radical (unpaired) electrons. The Balaban J connectivity index is 2.41. The van der Waals surface area contributed by atoms with E-state index >= 15 is 0 Å². The molecular formula is C16H24O3. The van der Waals surface area contributed by atoms with E-state index in [0.717, 1.165) is 37.0 Å². The maximum Gasteiger partial charge on any atom is 0.314 e. The zero-order valence-electron chi connectivity index (χ0n) is 11.9. The summed E-state index contributed by atoms with van der Waals surface area (Å²) in [5.41, 5.74) is 1.72. The lowest BCUT2D eigenvalue weighted by atomic mass is 9.95. The SMILES string of the molecule is C=C(C/C=C/CC1CCCO1)C(C=C(C)C)C(=O)O. The fourth-order valence-corrected chi connectivity index (χ4v) is 2.14. The second-order valence-electron chi connectivity index (χ2n) is 5.26. The third kappa shape index (κ3) is 5.88. The number of allylic oxidation sites excluding steroid dienone is 2. The number of ether oxygens (including phenoxy) is 1. The van der Waals surface area contributed by atoms with Crippen molar-refractivity contribution in [3.8, 4) is 0 Å². The largest absolute Gasteiger partial charge is 0.481 e. The average molecular weight is 264 g/mol. The van der Waals surface area contributed by atoms with Crippen molar-refractivity contribution in [1.82, 2.24) is 0 Å². The maximum atomic E-state index is 11.2. The van der Waals surface area contributed by atoms with Gasteiger partial charge in [-0.25, -0.2) is 0 Å². The van der Waals surface area contributed by atoms with E-state index in [1.54, 1.807) is 6.08 Å². The van der Waals surface area contributed by atoms with Crippen molar-refractivity contribution >= 4 is 5.97 Å². The van der Waals surface area contributed by atoms with Gasteiger partial charge in [0.2, 0.25) is 0 Å². The molecule has 0 amide bonds. The van der Waals surface area contributed by atoms with Crippen molar-refractivity contribution in [3.63, 3.8) is 0 Å². The van der Waals surface area contributed by atoms with Crippen LogP contribution in [-0.4, -0.2) is 23.8 Å². The van der Waals surface area contributed by atoms with Gasteiger partial charge in [0.1, 0.15) is 0 Å². The van der Waals surface area contributed by atoms with Crippen molar-refractivity contribution in [2.45, 2.75) is 45.6 Å². The normalized spacial score (nSPS) is 20.4. The highest BCUT2D eigenvalue weighted by atomic mass is 16.5. The molecule has 1 fully saturated rings. The third-order valence-electron chi connectivity index (χ3n) is 3.18. The van der Waals surface area contributed by atoms with Gasteiger partial charge < -0.3 is 9.84 Å². The number of carboxylic acid groups (broad SMARTS) is 1. The minimum atomic E-state index is -0.835. The Labute approximate surface area is 115 Å². The summed E-state index contributed by atoms with van der Waals surface area (Å²) in [5.74, 6) is -1.42. The summed E-state index contributed by atoms with van der Waals surface area (Å²) in [7, 11) is 0. The molecule has 1 heterocycles. The topological polar surface area (TPSA) is 46.5 Å². The summed E-state index contributed by atoms with van der Waals surface area (Å²) < 4.78 is 5.52. The fraction of sp³-hybridized carbons (Fsp3) is 0.562. The van der Waals surface area contributed by atoms with Crippen molar-refractivity contribution in [2.24, 2.45) is 5.92 Å². The molecule has 0 aromatic rings. The Hall–Kier alpha value is -1.35. The number of carbonyl (C=O) groups is 1. The van der Waals surface area contributed by atoms with Crippen LogP contribution in [0.2, 0.25) is 0 Å². The molecule has 2 unspecified atom stereocenters. The molecule has 0 aromatic heterocycles. The van der Waals surface area contributed by atoms with E-state index < -0.39 is 11.9 Å². The number of carboxylic acids is 1. The van der Waals surface area contributed by atoms with Crippen LogP contribution in [0.15, 0.2) is 36.0 Å². The van der Waals surface area contributed by atoms with Crippen LogP contribution in [0.1, 0.15) is 39.5 Å². The molecule has 0 bridgehead atoms. The first-order valence-corrected chi connectivity index (χ1v) is 6.82. The molecule has 0 spiro atoms. The Morgan fingerprint density at radius 1 is 1.47 bits per heavy atom. The standard InChI is InChI=1S/C16H24O3/c1-12(2)11-15(16(17)18)13(3)7-4-5-8-14-9-6-10-19-14/h4-5,11,14-15H,3,6-10H2,1-2H3,(H,17,18)/b5-4+. The highest BCUT2D eigenvalue weighted by Gasteiger charge is 2.17. The second kappa shape index (κ2) is 7.95. The molecule has 1 aliphatic rings. The molecule has 0 aromatic carbocycles. The van der Waals surface area contributed by atoms with Crippen LogP contribution >= 0.6 is 0 Å². The van der Waals surface area contributed by atoms with Gasteiger partial charge in [0, 0.05) is 6.61 Å². The van der Waals surface area contributed by atoms with Crippen LogP contribution < -0.4 is 0 Å². The molecular weight excluding hydrogens is 240 g/mol. The number of aliphatic carboxylic acids is 1. The minimum Gasteiger partial charge on any atom is -0.481 e. The van der Waals surface area contributed by atoms with Crippen molar-refractivity contribution in [1.29, 1.82) is 0 Å². The van der Waals surface area contributed by atoms with Gasteiger partial charge in [-0.05, 0) is 39.5 Å². The number of hydrogen-bond acceptors (Lipinski definition) is 2. The fourth-order valence-electron chi connectivity index (χ4n) is 2.14. The predicted octanol–water partition coefficient (Wildman–Crippen LogP) is 3.73. The first-order chi connectivity index (χ1) is 9.00. The van der Waals surface area contributed by atoms with Crippen molar-refractivity contribution < 1.29 is 14.6 Å². The van der Waals surface area contributed by atoms with Gasteiger partial charge in [-0.3, -0.25) is 4.79 Å². The van der Waals surface area contributed by atoms with Crippen molar-refractivity contribution in [2.75, 3.05) is 6.61 Å². The van der Waals surface area contributed by atoms with Crippen LogP contribution in [0.5, 0.6) is 0 Å². The molecule has 1 N–H and O–H groups in total. The van der Waals surface area contributed by atoms with Gasteiger partial charge >= 0.3 is 5.97 Å². The molecule has 19 heavy (non-hydrogen) atoms. The quantitative estimate of drug-likeness (QED) is 0.713. The molecule has 1 aliphatic heterocycles. The van der Waals surface area contributed by atoms with Crippen LogP contribution in [0.4, 0.5) is 0 Å². The summed E-state index contributed by atoms with van der Waals surface area (Å²) in [4.78, 5) is 11.2. The van der Waals surface area contributed by atoms with E-state index in [2.05, 4.69) is 12.7 Å². The molecule has 1 saturated heterocycles. The van der Waals surface area contributed by atoms with Crippen LogP contribution in [0.3, 0.4) is 0 Å². The van der Waals surface area contributed by atoms with Gasteiger partial charge in [0.05, 0.1) is 12.0 Å². The Morgan fingerprint density at radius 2 is 2.21 bits per heavy atom. The summed E-state index contributed by atoms with van der Waals surface area (Å²) >= 11 is 0. The minimum absolute atomic E-state index is 0.345. The summed E-state index contributed by atoms with van der Waals surface area (Å²) in [6, 6.07) is 0. The van der Waals surface area contributed by atoms with Crippen molar-refractivity contribution in [3.05, 3.63) is 36.0 Å². The van der Waals surface area contributed by atoms with Crippen LogP contribution in [0, 0.1) is 5.92 Å². The van der Waals surface area contributed by atoms with Gasteiger partial charge in [-0.1, -0.05) is 36.0 Å². The predicted molar refractivity (Wildman–Crippen MR) is 77.0 cm³/mol. The zero-order valence-corrected chi connectivity index (χ0v) is 11.9. The van der Waals surface area contributed by atoms with Gasteiger partial charge in [0.15, 0.2) is 0 Å². The highest BCUT2D eigenvalue weighted by Crippen LogP contribution is 2.19. The van der Waals surface area contributed by atoms with E-state index in [9.17, 15) is 9.90 Å². The second-order valence-corrected chi connectivity index (χ2v) is 5.26. The number of rotatable bonds is 7. The molecule has 2 atom stereocenters. The lowest BCUT2D eigenvalue weighted by molar-refractivity contribution is -0.138. The molecule has 0 saturated carbocycles. The molecule has 3 heteroatoms. The van der Waals surface area contributed by atoms with E-state index in [1.165, 1.54) is 0 Å². The molecule has 1 rings (SSSR count). The van der Waals surface area contributed by atoms with E-state index in [4.69, 9.17) is 4.74 Å². The molecule has 0 aliphatic carbocycles. The lowest BCUT2D eigenvalue weighted by Crippen LogP contribution is -2.13. The van der Waals surface area contributed by atoms with E-state index in [1.807, 2.05) is 19.9 Å². The van der Waals surface area contributed by atoms with E-state index in [-0.39, 0.29) is 0 Å². The van der Waals surface area contributed by atoms with E-state index in [0.29, 0.717) is 12.5 Å². The average Bonchev–Trinajstić information content (AvgIpc) is 2.83. The third-order valence-corrected chi connectivity index (χ3v) is 3.18. The molecule has 106 valence electrons. The lowest BCUT2D eigenvalue weighted by Gasteiger charge is -2.10. The van der Waals surface area contributed by atoms with Crippen LogP contribution in [0.25, 0.3) is 0 Å². The zero-order chi connectivity index (χ0) is 14.3. The first-order valence-electron chi connectivity index (χ1n) is 6.82. The number of hydrogen-bond donors (Lipinski definition) is 1. The van der Waals surface area contributed by atoms with Gasteiger partial charge in [-0.2, -0.15) is 0 Å². The first kappa shape index (κ1) is 15.7. The molecule has 3 nitrogen and oxygen atoms in total. The summed E-state index contributed by atoms with van der Waals surface area (Å²) in [6.45, 7) is 8.56. The maximum absolute atomic E-state index is 11.2.